The van der Waals surface area contributed by atoms with Gasteiger partial charge in [0.2, 0.25) is 0 Å². The Bertz CT molecular complexity index is 689. The van der Waals surface area contributed by atoms with E-state index >= 15 is 0 Å². The second-order valence-corrected chi connectivity index (χ2v) is 6.24. The Balaban J connectivity index is 2.15. The van der Waals surface area contributed by atoms with E-state index < -0.39 is 5.97 Å². The largest absolute Gasteiger partial charge is 0.478 e. The molecule has 1 N–H and O–H groups in total. The molecule has 21 heavy (non-hydrogen) atoms. The van der Waals surface area contributed by atoms with Crippen LogP contribution < -0.4 is 0 Å². The molecule has 1 heterocycles. The van der Waals surface area contributed by atoms with Crippen molar-refractivity contribution in [3.63, 3.8) is 0 Å². The van der Waals surface area contributed by atoms with Crippen LogP contribution in [0.15, 0.2) is 18.2 Å². The molecule has 4 heteroatoms. The number of benzene rings is 1. The highest BCUT2D eigenvalue weighted by atomic mass is 16.4. The molecule has 1 aromatic carbocycles. The van der Waals surface area contributed by atoms with E-state index in [2.05, 4.69) is 30.3 Å². The van der Waals surface area contributed by atoms with E-state index in [9.17, 15) is 4.79 Å². The molecule has 1 aromatic heterocycles. The average molecular weight is 286 g/mol. The Morgan fingerprint density at radius 3 is 2.71 bits per heavy atom. The number of hydrogen-bond donors (Lipinski definition) is 1. The second kappa shape index (κ2) is 5.17. The van der Waals surface area contributed by atoms with Gasteiger partial charge in [0.05, 0.1) is 16.6 Å². The fraction of sp³-hybridized carbons (Fsp3) is 0.529. The number of rotatable bonds is 3. The molecule has 1 fully saturated rings. The average Bonchev–Trinajstić information content (AvgIpc) is 2.99. The zero-order chi connectivity index (χ0) is 15.1. The second-order valence-electron chi connectivity index (χ2n) is 6.24. The van der Waals surface area contributed by atoms with Crippen LogP contribution in [0.2, 0.25) is 0 Å². The van der Waals surface area contributed by atoms with Crippen molar-refractivity contribution in [3.8, 4) is 0 Å². The minimum atomic E-state index is -0.896. The highest BCUT2D eigenvalue weighted by Gasteiger charge is 2.33. The number of fused-ring (bicyclic) bond motifs is 1. The number of aryl methyl sites for hydroxylation is 1. The van der Waals surface area contributed by atoms with E-state index in [0.29, 0.717) is 17.5 Å². The van der Waals surface area contributed by atoms with Gasteiger partial charge in [0.15, 0.2) is 0 Å². The quantitative estimate of drug-likeness (QED) is 0.931. The van der Waals surface area contributed by atoms with Crippen molar-refractivity contribution in [2.24, 2.45) is 11.8 Å². The molecule has 3 atom stereocenters. The summed E-state index contributed by atoms with van der Waals surface area (Å²) >= 11 is 0. The van der Waals surface area contributed by atoms with Gasteiger partial charge in [-0.05, 0) is 42.9 Å². The van der Waals surface area contributed by atoms with E-state index in [-0.39, 0.29) is 0 Å². The highest BCUT2D eigenvalue weighted by molar-refractivity contribution is 5.92. The number of nitrogens with zero attached hydrogens (tertiary/aromatic N) is 2. The van der Waals surface area contributed by atoms with Gasteiger partial charge < -0.3 is 9.67 Å². The zero-order valence-electron chi connectivity index (χ0n) is 12.8. The third-order valence-corrected chi connectivity index (χ3v) is 5.08. The lowest BCUT2D eigenvalue weighted by molar-refractivity contribution is 0.0697. The van der Waals surface area contributed by atoms with E-state index in [1.54, 1.807) is 12.1 Å². The molecule has 1 aliphatic carbocycles. The third kappa shape index (κ3) is 2.23. The van der Waals surface area contributed by atoms with Crippen LogP contribution in [0.4, 0.5) is 0 Å². The number of aromatic carboxylic acids is 1. The predicted molar refractivity (Wildman–Crippen MR) is 82.7 cm³/mol. The zero-order valence-corrected chi connectivity index (χ0v) is 12.8. The third-order valence-electron chi connectivity index (χ3n) is 5.08. The lowest BCUT2D eigenvalue weighted by Crippen LogP contribution is -2.16. The number of aromatic nitrogens is 2. The van der Waals surface area contributed by atoms with Gasteiger partial charge in [0, 0.05) is 12.5 Å². The normalized spacial score (nSPS) is 25.6. The van der Waals surface area contributed by atoms with Gasteiger partial charge in [0.25, 0.3) is 0 Å². The molecule has 1 aliphatic rings. The molecule has 112 valence electrons. The molecule has 4 nitrogen and oxygen atoms in total. The molecular formula is C17H22N2O2. The van der Waals surface area contributed by atoms with Gasteiger partial charge in [0.1, 0.15) is 5.82 Å². The predicted octanol–water partition coefficient (Wildman–Crippen LogP) is 3.90. The summed E-state index contributed by atoms with van der Waals surface area (Å²) in [5, 5.41) is 9.13. The molecule has 3 unspecified atom stereocenters. The molecule has 1 saturated carbocycles. The van der Waals surface area contributed by atoms with Crippen LogP contribution >= 0.6 is 0 Å². The molecule has 3 rings (SSSR count). The number of carboxylic acid groups (broad SMARTS) is 1. The Labute approximate surface area is 124 Å². The lowest BCUT2D eigenvalue weighted by atomic mass is 9.97. The van der Waals surface area contributed by atoms with Crippen LogP contribution in [0.3, 0.4) is 0 Å². The Hall–Kier alpha value is -1.84. The van der Waals surface area contributed by atoms with E-state index in [1.165, 1.54) is 12.8 Å². The van der Waals surface area contributed by atoms with Gasteiger partial charge in [-0.25, -0.2) is 9.78 Å². The number of carboxylic acids is 1. The van der Waals surface area contributed by atoms with Gasteiger partial charge in [-0.3, -0.25) is 0 Å². The van der Waals surface area contributed by atoms with Crippen LogP contribution in [0, 0.1) is 11.8 Å². The first-order chi connectivity index (χ1) is 10.0. The SMILES string of the molecule is CCc1nc2cc(C(=O)O)ccc2n1C1CCC(C)C1C. The van der Waals surface area contributed by atoms with E-state index in [0.717, 1.165) is 29.2 Å². The molecule has 0 aliphatic heterocycles. The van der Waals surface area contributed by atoms with Crippen molar-refractivity contribution < 1.29 is 9.90 Å². The first-order valence-electron chi connectivity index (χ1n) is 7.77. The van der Waals surface area contributed by atoms with Gasteiger partial charge in [-0.2, -0.15) is 0 Å². The molecule has 0 amide bonds. The topological polar surface area (TPSA) is 55.1 Å². The summed E-state index contributed by atoms with van der Waals surface area (Å²) in [6.07, 6.45) is 3.30. The molecule has 0 saturated heterocycles. The maximum Gasteiger partial charge on any atom is 0.335 e. The van der Waals surface area contributed by atoms with Crippen molar-refractivity contribution in [1.29, 1.82) is 0 Å². The standard InChI is InChI=1S/C17H22N2O2/c1-4-16-18-13-9-12(17(20)21)6-8-15(13)19(16)14-7-5-10(2)11(14)3/h6,8-11,14H,4-5,7H2,1-3H3,(H,20,21). The van der Waals surface area contributed by atoms with Gasteiger partial charge >= 0.3 is 5.97 Å². The van der Waals surface area contributed by atoms with Crippen LogP contribution in [0.25, 0.3) is 11.0 Å². The van der Waals surface area contributed by atoms with Crippen LogP contribution in [-0.2, 0) is 6.42 Å². The fourth-order valence-electron chi connectivity index (χ4n) is 3.60. The number of imidazole rings is 1. The van der Waals surface area contributed by atoms with Crippen molar-refractivity contribution in [2.75, 3.05) is 0 Å². The maximum atomic E-state index is 11.1. The van der Waals surface area contributed by atoms with Crippen LogP contribution in [-0.4, -0.2) is 20.6 Å². The summed E-state index contributed by atoms with van der Waals surface area (Å²) in [4.78, 5) is 15.8. The fourth-order valence-corrected chi connectivity index (χ4v) is 3.60. The summed E-state index contributed by atoms with van der Waals surface area (Å²) in [5.74, 6) is 1.54. The highest BCUT2D eigenvalue weighted by Crippen LogP contribution is 2.42. The van der Waals surface area contributed by atoms with Crippen molar-refractivity contribution >= 4 is 17.0 Å². The monoisotopic (exact) mass is 286 g/mol. The summed E-state index contributed by atoms with van der Waals surface area (Å²) in [6.45, 7) is 6.75. The van der Waals surface area contributed by atoms with Crippen molar-refractivity contribution in [3.05, 3.63) is 29.6 Å². The summed E-state index contributed by atoms with van der Waals surface area (Å²) in [5.41, 5.74) is 2.18. The van der Waals surface area contributed by atoms with Crippen LogP contribution in [0.1, 0.15) is 55.8 Å². The molecule has 0 spiro atoms. The molecule has 0 radical (unpaired) electrons. The minimum Gasteiger partial charge on any atom is -0.478 e. The van der Waals surface area contributed by atoms with Gasteiger partial charge in [-0.15, -0.1) is 0 Å². The maximum absolute atomic E-state index is 11.1. The Morgan fingerprint density at radius 1 is 1.38 bits per heavy atom. The van der Waals surface area contributed by atoms with E-state index in [4.69, 9.17) is 5.11 Å². The summed E-state index contributed by atoms with van der Waals surface area (Å²) < 4.78 is 2.36. The Morgan fingerprint density at radius 2 is 2.14 bits per heavy atom. The number of carbonyl (C=O) groups is 1. The van der Waals surface area contributed by atoms with Gasteiger partial charge in [-0.1, -0.05) is 20.8 Å². The molecular weight excluding hydrogens is 264 g/mol. The smallest absolute Gasteiger partial charge is 0.335 e. The van der Waals surface area contributed by atoms with Crippen molar-refractivity contribution in [2.45, 2.75) is 46.1 Å². The van der Waals surface area contributed by atoms with E-state index in [1.807, 2.05) is 6.07 Å². The van der Waals surface area contributed by atoms with Crippen molar-refractivity contribution in [1.82, 2.24) is 9.55 Å². The number of hydrogen-bond acceptors (Lipinski definition) is 2. The minimum absolute atomic E-state index is 0.308. The lowest BCUT2D eigenvalue weighted by Gasteiger charge is -2.22. The summed E-state index contributed by atoms with van der Waals surface area (Å²) in [6, 6.07) is 5.78. The van der Waals surface area contributed by atoms with Crippen LogP contribution in [0.5, 0.6) is 0 Å². The summed E-state index contributed by atoms with van der Waals surface area (Å²) in [7, 11) is 0. The first-order valence-corrected chi connectivity index (χ1v) is 7.77. The Kier molecular flexibility index (Phi) is 3.47. The first kappa shape index (κ1) is 14.1. The molecule has 0 bridgehead atoms. The molecule has 2 aromatic rings.